The fourth-order valence-corrected chi connectivity index (χ4v) is 29.7. The highest BCUT2D eigenvalue weighted by Crippen LogP contribution is 2.26. The SMILES string of the molecule is C[Si]1(C)O[SiH2]O[SiH2]O[Si](C)(C)O[Si](C)(C)O[Si](C)(C)O[Si](C)(C)O1. The molecule has 7 nitrogen and oxygen atoms in total. The first-order chi connectivity index (χ1) is 10.5. The van der Waals surface area contributed by atoms with Crippen molar-refractivity contribution in [1.82, 2.24) is 0 Å². The standard InChI is InChI=1S/C10H34O7Si7/c1-20(2)12-18-11-19-13-21(3,4)15-23(7,8)17-24(9,10)16-22(5,6)14-20/h18-19H2,1-10H3. The van der Waals surface area contributed by atoms with Crippen LogP contribution in [0.2, 0.25) is 65.5 Å². The lowest BCUT2D eigenvalue weighted by atomic mass is 11.9. The van der Waals surface area contributed by atoms with Gasteiger partial charge >= 0.3 is 42.8 Å². The maximum Gasteiger partial charge on any atom is 0.314 e. The summed E-state index contributed by atoms with van der Waals surface area (Å²) in [6.45, 7) is 20.5. The summed E-state index contributed by atoms with van der Waals surface area (Å²) < 4.78 is 43.2. The first kappa shape index (κ1) is 23.3. The van der Waals surface area contributed by atoms with Gasteiger partial charge in [-0.15, -0.1) is 0 Å². The van der Waals surface area contributed by atoms with Crippen LogP contribution in [0.15, 0.2) is 0 Å². The summed E-state index contributed by atoms with van der Waals surface area (Å²) in [6.07, 6.45) is 0. The lowest BCUT2D eigenvalue weighted by Gasteiger charge is -2.42. The summed E-state index contributed by atoms with van der Waals surface area (Å²) in [6, 6.07) is 0. The summed E-state index contributed by atoms with van der Waals surface area (Å²) >= 11 is 0. The van der Waals surface area contributed by atoms with Gasteiger partial charge in [-0.25, -0.2) is 0 Å². The lowest BCUT2D eigenvalue weighted by molar-refractivity contribution is 0.261. The molecule has 1 heterocycles. The van der Waals surface area contributed by atoms with E-state index in [-0.39, 0.29) is 0 Å². The molecule has 0 N–H and O–H groups in total. The van der Waals surface area contributed by atoms with Gasteiger partial charge in [-0.3, -0.25) is 0 Å². The van der Waals surface area contributed by atoms with Gasteiger partial charge < -0.3 is 28.8 Å². The van der Waals surface area contributed by atoms with Crippen LogP contribution in [0, 0.1) is 0 Å². The third-order valence-corrected chi connectivity index (χ3v) is 26.5. The van der Waals surface area contributed by atoms with Gasteiger partial charge in [-0.1, -0.05) is 0 Å². The Morgan fingerprint density at radius 3 is 0.958 bits per heavy atom. The van der Waals surface area contributed by atoms with Gasteiger partial charge in [-0.2, -0.15) is 0 Å². The van der Waals surface area contributed by atoms with E-state index in [1.54, 1.807) is 0 Å². The van der Waals surface area contributed by atoms with E-state index in [0.717, 1.165) is 0 Å². The van der Waals surface area contributed by atoms with Crippen molar-refractivity contribution in [2.75, 3.05) is 0 Å². The maximum atomic E-state index is 6.41. The Balaban J connectivity index is 3.00. The van der Waals surface area contributed by atoms with Crippen LogP contribution in [0.1, 0.15) is 0 Å². The molecule has 0 saturated carbocycles. The largest absolute Gasteiger partial charge is 0.425 e. The third-order valence-electron chi connectivity index (χ3n) is 2.95. The van der Waals surface area contributed by atoms with Gasteiger partial charge in [-0.05, 0) is 65.5 Å². The molecule has 0 aromatic heterocycles. The molecule has 0 unspecified atom stereocenters. The first-order valence-electron chi connectivity index (χ1n) is 8.20. The molecule has 1 saturated heterocycles. The van der Waals surface area contributed by atoms with Crippen LogP contribution >= 0.6 is 0 Å². The minimum atomic E-state index is -2.39. The van der Waals surface area contributed by atoms with Crippen molar-refractivity contribution < 1.29 is 28.8 Å². The minimum Gasteiger partial charge on any atom is -0.425 e. The lowest BCUT2D eigenvalue weighted by Crippen LogP contribution is -2.60. The van der Waals surface area contributed by atoms with E-state index >= 15 is 0 Å². The Morgan fingerprint density at radius 1 is 0.417 bits per heavy atom. The van der Waals surface area contributed by atoms with Crippen LogP contribution in [0.5, 0.6) is 0 Å². The molecule has 0 aromatic rings. The maximum absolute atomic E-state index is 6.41. The Morgan fingerprint density at radius 2 is 0.667 bits per heavy atom. The van der Waals surface area contributed by atoms with Crippen molar-refractivity contribution in [3.05, 3.63) is 0 Å². The van der Waals surface area contributed by atoms with E-state index in [2.05, 4.69) is 39.3 Å². The van der Waals surface area contributed by atoms with Crippen LogP contribution in [-0.2, 0) is 28.8 Å². The molecular formula is C10H34O7Si7. The fourth-order valence-electron chi connectivity index (χ4n) is 2.89. The topological polar surface area (TPSA) is 64.6 Å². The van der Waals surface area contributed by atoms with Crippen molar-refractivity contribution in [3.8, 4) is 0 Å². The zero-order valence-electron chi connectivity index (χ0n) is 16.8. The molecule has 0 amide bonds. The second kappa shape index (κ2) is 8.08. The van der Waals surface area contributed by atoms with Gasteiger partial charge in [0.15, 0.2) is 0 Å². The Kier molecular flexibility index (Phi) is 7.84. The normalized spacial score (nSPS) is 32.2. The van der Waals surface area contributed by atoms with Gasteiger partial charge in [0.2, 0.25) is 0 Å². The van der Waals surface area contributed by atoms with Crippen LogP contribution < -0.4 is 0 Å². The number of rotatable bonds is 0. The minimum absolute atomic E-state index is 1.09. The van der Waals surface area contributed by atoms with E-state index in [1.807, 2.05) is 26.2 Å². The second-order valence-corrected chi connectivity index (χ2v) is 29.8. The predicted octanol–water partition coefficient (Wildman–Crippen LogP) is 1.62. The van der Waals surface area contributed by atoms with E-state index in [0.29, 0.717) is 0 Å². The number of hydrogen-bond donors (Lipinski definition) is 0. The van der Waals surface area contributed by atoms with Crippen molar-refractivity contribution in [1.29, 1.82) is 0 Å². The summed E-state index contributed by atoms with van der Waals surface area (Å²) in [5, 5.41) is 0. The smallest absolute Gasteiger partial charge is 0.314 e. The monoisotopic (exact) mass is 462 g/mol. The highest BCUT2D eigenvalue weighted by Gasteiger charge is 2.46. The quantitative estimate of drug-likeness (QED) is 0.507. The molecule has 0 aromatic carbocycles. The molecule has 1 aliphatic heterocycles. The van der Waals surface area contributed by atoms with Crippen molar-refractivity contribution >= 4 is 62.8 Å². The Hall–Kier alpha value is 1.24. The molecule has 0 aliphatic carbocycles. The highest BCUT2D eigenvalue weighted by molar-refractivity contribution is 6.90. The molecule has 1 fully saturated rings. The van der Waals surface area contributed by atoms with Gasteiger partial charge in [0.1, 0.15) is 0 Å². The molecular weight excluding hydrogens is 429 g/mol. The zero-order chi connectivity index (χ0) is 18.9. The predicted molar refractivity (Wildman–Crippen MR) is 112 cm³/mol. The molecule has 0 spiro atoms. The molecule has 1 aliphatic rings. The third kappa shape index (κ3) is 9.25. The average Bonchev–Trinajstić information content (AvgIpc) is 2.18. The van der Waals surface area contributed by atoms with E-state index < -0.39 is 62.8 Å². The molecule has 0 bridgehead atoms. The van der Waals surface area contributed by atoms with Gasteiger partial charge in [0.25, 0.3) is 20.0 Å². The molecule has 14 heteroatoms. The first-order valence-corrected chi connectivity index (χ1v) is 24.6. The molecule has 1 rings (SSSR count). The Bertz CT molecular complexity index is 394. The summed E-state index contributed by atoms with van der Waals surface area (Å²) in [4.78, 5) is 0. The van der Waals surface area contributed by atoms with Crippen molar-refractivity contribution in [2.24, 2.45) is 0 Å². The summed E-state index contributed by atoms with van der Waals surface area (Å²) in [5.74, 6) is 0. The van der Waals surface area contributed by atoms with Crippen molar-refractivity contribution in [2.45, 2.75) is 65.5 Å². The van der Waals surface area contributed by atoms with Gasteiger partial charge in [0.05, 0.1) is 0 Å². The molecule has 144 valence electrons. The Labute approximate surface area is 157 Å². The highest BCUT2D eigenvalue weighted by atomic mass is 28.5. The van der Waals surface area contributed by atoms with Crippen LogP contribution in [-0.4, -0.2) is 62.8 Å². The summed E-state index contributed by atoms with van der Waals surface area (Å²) in [7, 11) is -13.8. The average molecular weight is 463 g/mol. The summed E-state index contributed by atoms with van der Waals surface area (Å²) in [5.41, 5.74) is 0. The van der Waals surface area contributed by atoms with Crippen LogP contribution in [0.4, 0.5) is 0 Å². The van der Waals surface area contributed by atoms with E-state index in [4.69, 9.17) is 28.8 Å². The van der Waals surface area contributed by atoms with E-state index in [1.165, 1.54) is 0 Å². The van der Waals surface area contributed by atoms with Gasteiger partial charge in [0, 0.05) is 0 Å². The second-order valence-electron chi connectivity index (χ2n) is 8.14. The van der Waals surface area contributed by atoms with E-state index in [9.17, 15) is 0 Å². The number of hydrogen-bond acceptors (Lipinski definition) is 7. The molecule has 24 heavy (non-hydrogen) atoms. The molecule has 0 radical (unpaired) electrons. The fraction of sp³-hybridized carbons (Fsp3) is 1.00. The zero-order valence-corrected chi connectivity index (χ0v) is 24.6. The van der Waals surface area contributed by atoms with Crippen molar-refractivity contribution in [3.63, 3.8) is 0 Å². The molecule has 0 atom stereocenters. The van der Waals surface area contributed by atoms with Crippen LogP contribution in [0.25, 0.3) is 0 Å². The van der Waals surface area contributed by atoms with Crippen LogP contribution in [0.3, 0.4) is 0 Å².